The van der Waals surface area contributed by atoms with E-state index in [0.29, 0.717) is 0 Å². The van der Waals surface area contributed by atoms with E-state index in [0.717, 1.165) is 30.8 Å². The summed E-state index contributed by atoms with van der Waals surface area (Å²) in [6.45, 7) is 0.0370. The van der Waals surface area contributed by atoms with Gasteiger partial charge in [-0.05, 0) is 42.5 Å². The maximum Gasteiger partial charge on any atom is 0.233 e. The summed E-state index contributed by atoms with van der Waals surface area (Å²) in [5.41, 5.74) is 7.78. The first-order valence-corrected chi connectivity index (χ1v) is 6.41. The van der Waals surface area contributed by atoms with Gasteiger partial charge in [-0.2, -0.15) is 0 Å². The van der Waals surface area contributed by atoms with Crippen molar-refractivity contribution in [3.8, 4) is 11.5 Å². The normalized spacial score (nSPS) is 16.6. The maximum absolute atomic E-state index is 11.3. The zero-order valence-corrected chi connectivity index (χ0v) is 12.6. The van der Waals surface area contributed by atoms with Crippen LogP contribution in [0.15, 0.2) is 12.1 Å². The van der Waals surface area contributed by atoms with Gasteiger partial charge < -0.3 is 20.5 Å². The summed E-state index contributed by atoms with van der Waals surface area (Å²) < 4.78 is 10.6. The highest BCUT2D eigenvalue weighted by Crippen LogP contribution is 2.34. The summed E-state index contributed by atoms with van der Waals surface area (Å²) in [5.74, 6) is 1.38. The molecule has 0 heterocycles. The highest BCUT2D eigenvalue weighted by molar-refractivity contribution is 5.85. The molecule has 0 saturated heterocycles. The summed E-state index contributed by atoms with van der Waals surface area (Å²) in [6.07, 6.45) is 2.65. The van der Waals surface area contributed by atoms with Crippen molar-refractivity contribution in [1.82, 2.24) is 5.32 Å². The second-order valence-electron chi connectivity index (χ2n) is 4.69. The predicted octanol–water partition coefficient (Wildman–Crippen LogP) is 1.06. The molecule has 0 radical (unpaired) electrons. The number of amides is 1. The number of nitrogens with one attached hydrogen (secondary N) is 1. The van der Waals surface area contributed by atoms with Crippen molar-refractivity contribution >= 4 is 18.3 Å². The smallest absolute Gasteiger partial charge is 0.233 e. The van der Waals surface area contributed by atoms with Gasteiger partial charge in [0.05, 0.1) is 20.8 Å². The Morgan fingerprint density at radius 2 is 1.90 bits per heavy atom. The minimum absolute atomic E-state index is 0. The number of carbonyl (C=O) groups excluding carboxylic acids is 1. The number of rotatable bonds is 4. The van der Waals surface area contributed by atoms with Crippen LogP contribution in [0.1, 0.15) is 17.5 Å². The molecule has 1 aliphatic rings. The van der Waals surface area contributed by atoms with Gasteiger partial charge in [-0.1, -0.05) is 0 Å². The molecule has 20 heavy (non-hydrogen) atoms. The number of methoxy groups -OCH3 is 2. The number of fused-ring (bicyclic) bond motifs is 1. The van der Waals surface area contributed by atoms with Gasteiger partial charge in [-0.3, -0.25) is 4.79 Å². The molecule has 0 aromatic heterocycles. The lowest BCUT2D eigenvalue weighted by atomic mass is 9.88. The van der Waals surface area contributed by atoms with Gasteiger partial charge >= 0.3 is 0 Å². The highest BCUT2D eigenvalue weighted by atomic mass is 35.5. The SMILES string of the molecule is COc1cc2c(cc1OC)CC(NC(=O)CN)CC2.Cl. The largest absolute Gasteiger partial charge is 0.493 e. The van der Waals surface area contributed by atoms with Crippen LogP contribution in [0.25, 0.3) is 0 Å². The average Bonchev–Trinajstić information content (AvgIpc) is 2.45. The van der Waals surface area contributed by atoms with E-state index in [1.165, 1.54) is 11.1 Å². The Morgan fingerprint density at radius 1 is 1.30 bits per heavy atom. The molecule has 0 bridgehead atoms. The van der Waals surface area contributed by atoms with Gasteiger partial charge in [0.25, 0.3) is 0 Å². The molecule has 2 rings (SSSR count). The lowest BCUT2D eigenvalue weighted by Crippen LogP contribution is -2.41. The van der Waals surface area contributed by atoms with Gasteiger partial charge in [0, 0.05) is 6.04 Å². The van der Waals surface area contributed by atoms with Crippen molar-refractivity contribution < 1.29 is 14.3 Å². The number of hydrogen-bond acceptors (Lipinski definition) is 4. The van der Waals surface area contributed by atoms with Crippen LogP contribution in [0.4, 0.5) is 0 Å². The van der Waals surface area contributed by atoms with Gasteiger partial charge in [0.1, 0.15) is 0 Å². The molecular formula is C14H21ClN2O3. The Kier molecular flexibility index (Phi) is 6.10. The van der Waals surface area contributed by atoms with Crippen molar-refractivity contribution in [3.63, 3.8) is 0 Å². The molecule has 0 aliphatic heterocycles. The first-order valence-electron chi connectivity index (χ1n) is 6.41. The van der Waals surface area contributed by atoms with Crippen molar-refractivity contribution in [2.45, 2.75) is 25.3 Å². The molecule has 1 unspecified atom stereocenters. The Balaban J connectivity index is 0.00000200. The zero-order chi connectivity index (χ0) is 13.8. The zero-order valence-electron chi connectivity index (χ0n) is 11.8. The van der Waals surface area contributed by atoms with Gasteiger partial charge in [0.2, 0.25) is 5.91 Å². The number of hydrogen-bond donors (Lipinski definition) is 2. The molecule has 5 nitrogen and oxygen atoms in total. The van der Waals surface area contributed by atoms with E-state index in [1.54, 1.807) is 14.2 Å². The number of halogens is 1. The van der Waals surface area contributed by atoms with E-state index in [9.17, 15) is 4.79 Å². The molecule has 1 aliphatic carbocycles. The number of aryl methyl sites for hydroxylation is 1. The van der Waals surface area contributed by atoms with Gasteiger partial charge in [0.15, 0.2) is 11.5 Å². The van der Waals surface area contributed by atoms with Crippen molar-refractivity contribution in [3.05, 3.63) is 23.3 Å². The van der Waals surface area contributed by atoms with Crippen LogP contribution in [0.5, 0.6) is 11.5 Å². The molecule has 1 amide bonds. The summed E-state index contributed by atoms with van der Waals surface area (Å²) in [7, 11) is 3.26. The second-order valence-corrected chi connectivity index (χ2v) is 4.69. The predicted molar refractivity (Wildman–Crippen MR) is 79.8 cm³/mol. The minimum atomic E-state index is -0.103. The van der Waals surface area contributed by atoms with Crippen molar-refractivity contribution in [2.75, 3.05) is 20.8 Å². The standard InChI is InChI=1S/C14H20N2O3.ClH/c1-18-12-6-9-3-4-11(16-14(17)8-15)5-10(9)7-13(12)19-2;/h6-7,11H,3-5,8,15H2,1-2H3,(H,16,17);1H. The Bertz CT molecular complexity index is 480. The van der Waals surface area contributed by atoms with E-state index < -0.39 is 0 Å². The third-order valence-corrected chi connectivity index (χ3v) is 3.48. The highest BCUT2D eigenvalue weighted by Gasteiger charge is 2.22. The second kappa shape index (κ2) is 7.36. The Labute approximate surface area is 125 Å². The third kappa shape index (κ3) is 3.55. The summed E-state index contributed by atoms with van der Waals surface area (Å²) in [6, 6.07) is 4.17. The van der Waals surface area contributed by atoms with Crippen LogP contribution in [0.2, 0.25) is 0 Å². The third-order valence-electron chi connectivity index (χ3n) is 3.48. The molecule has 0 fully saturated rings. The van der Waals surface area contributed by atoms with Crippen molar-refractivity contribution in [1.29, 1.82) is 0 Å². The fraction of sp³-hybridized carbons (Fsp3) is 0.500. The molecule has 3 N–H and O–H groups in total. The van der Waals surface area contributed by atoms with Crippen LogP contribution in [-0.2, 0) is 17.6 Å². The van der Waals surface area contributed by atoms with Crippen LogP contribution in [0, 0.1) is 0 Å². The molecule has 0 spiro atoms. The summed E-state index contributed by atoms with van der Waals surface area (Å²) in [5, 5.41) is 2.94. The van der Waals surface area contributed by atoms with Gasteiger partial charge in [-0.25, -0.2) is 0 Å². The molecule has 6 heteroatoms. The van der Waals surface area contributed by atoms with E-state index in [4.69, 9.17) is 15.2 Å². The Hall–Kier alpha value is -1.46. The molecule has 1 aromatic rings. The first kappa shape index (κ1) is 16.6. The van der Waals surface area contributed by atoms with Crippen LogP contribution in [0.3, 0.4) is 0 Å². The van der Waals surface area contributed by atoms with E-state index in [-0.39, 0.29) is 30.9 Å². The number of ether oxygens (including phenoxy) is 2. The first-order chi connectivity index (χ1) is 9.17. The average molecular weight is 301 g/mol. The summed E-state index contributed by atoms with van der Waals surface area (Å²) in [4.78, 5) is 11.3. The van der Waals surface area contributed by atoms with Crippen LogP contribution < -0.4 is 20.5 Å². The maximum atomic E-state index is 11.3. The molecule has 0 saturated carbocycles. The minimum Gasteiger partial charge on any atom is -0.493 e. The number of benzene rings is 1. The fourth-order valence-corrected chi connectivity index (χ4v) is 2.49. The van der Waals surface area contributed by atoms with Crippen LogP contribution in [-0.4, -0.2) is 32.7 Å². The number of nitrogens with two attached hydrogens (primary N) is 1. The molecule has 112 valence electrons. The molecular weight excluding hydrogens is 280 g/mol. The van der Waals surface area contributed by atoms with Crippen LogP contribution >= 0.6 is 12.4 Å². The van der Waals surface area contributed by atoms with Gasteiger partial charge in [-0.15, -0.1) is 12.4 Å². The quantitative estimate of drug-likeness (QED) is 0.872. The summed E-state index contributed by atoms with van der Waals surface area (Å²) >= 11 is 0. The molecule has 1 atom stereocenters. The Morgan fingerprint density at radius 3 is 2.45 bits per heavy atom. The number of carbonyl (C=O) groups is 1. The van der Waals surface area contributed by atoms with E-state index in [1.807, 2.05) is 12.1 Å². The lowest BCUT2D eigenvalue weighted by molar-refractivity contribution is -0.120. The topological polar surface area (TPSA) is 73.6 Å². The van der Waals surface area contributed by atoms with E-state index >= 15 is 0 Å². The van der Waals surface area contributed by atoms with Crippen molar-refractivity contribution in [2.24, 2.45) is 5.73 Å². The monoisotopic (exact) mass is 300 g/mol. The lowest BCUT2D eigenvalue weighted by Gasteiger charge is -2.26. The molecule has 1 aromatic carbocycles. The van der Waals surface area contributed by atoms with E-state index in [2.05, 4.69) is 5.32 Å². The fourth-order valence-electron chi connectivity index (χ4n) is 2.49.